The third-order valence-corrected chi connectivity index (χ3v) is 5.84. The first-order valence-electron chi connectivity index (χ1n) is 10.6. The van der Waals surface area contributed by atoms with Crippen molar-refractivity contribution in [2.45, 2.75) is 74.8 Å². The van der Waals surface area contributed by atoms with Crippen LogP contribution in [0.1, 0.15) is 12.5 Å². The van der Waals surface area contributed by atoms with Crippen LogP contribution in [0.15, 0.2) is 18.2 Å². The van der Waals surface area contributed by atoms with Gasteiger partial charge in [0.2, 0.25) is 0 Å². The van der Waals surface area contributed by atoms with Gasteiger partial charge in [-0.1, -0.05) is 6.07 Å². The van der Waals surface area contributed by atoms with Gasteiger partial charge >= 0.3 is 0 Å². The maximum atomic E-state index is 10.6. The van der Waals surface area contributed by atoms with Crippen LogP contribution in [-0.4, -0.2) is 117 Å². The molecule has 1 aromatic carbocycles. The van der Waals surface area contributed by atoms with Crippen molar-refractivity contribution in [2.24, 2.45) is 0 Å². The minimum Gasteiger partial charge on any atom is -0.504 e. The van der Waals surface area contributed by atoms with E-state index < -0.39 is 68.0 Å². The van der Waals surface area contributed by atoms with Crippen molar-refractivity contribution in [1.29, 1.82) is 0 Å². The predicted molar refractivity (Wildman–Crippen MR) is 109 cm³/mol. The summed E-state index contributed by atoms with van der Waals surface area (Å²) in [6, 6.07) is 4.83. The van der Waals surface area contributed by atoms with Gasteiger partial charge in [0, 0.05) is 0 Å². The molecule has 1 aromatic rings. The van der Waals surface area contributed by atoms with E-state index in [4.69, 9.17) is 23.7 Å². The second kappa shape index (κ2) is 11.2. The fourth-order valence-corrected chi connectivity index (χ4v) is 3.80. The highest BCUT2D eigenvalue weighted by Crippen LogP contribution is 2.30. The molecular weight excluding hydrogens is 444 g/mol. The summed E-state index contributed by atoms with van der Waals surface area (Å²) in [6.07, 6.45) is -13.4. The standard InChI is InChI=1S/C21H32O12/c1-9-14(24)16(26)18(28)20(31-9)33-19-17(27)15(25)13(8-22)32-21(19)30-6-5-10-3-4-12(29-2)11(23)7-10/h3-4,7,9,13-28H,5-6,8H2,1-2H3/t9-,13+,14-,15+,16+,17-,18+,19+,20-,21+/m0/s1. The Morgan fingerprint density at radius 1 is 0.909 bits per heavy atom. The Kier molecular flexibility index (Phi) is 8.86. The summed E-state index contributed by atoms with van der Waals surface area (Å²) in [6.45, 7) is 0.920. The van der Waals surface area contributed by atoms with Gasteiger partial charge in [0.25, 0.3) is 0 Å². The number of ether oxygens (including phenoxy) is 5. The topological polar surface area (TPSA) is 188 Å². The summed E-state index contributed by atoms with van der Waals surface area (Å²) in [5.41, 5.74) is 0.720. The quantitative estimate of drug-likeness (QED) is 0.211. The largest absolute Gasteiger partial charge is 0.504 e. The number of benzene rings is 1. The second-order valence-corrected chi connectivity index (χ2v) is 8.12. The lowest BCUT2D eigenvalue weighted by Gasteiger charge is -2.45. The van der Waals surface area contributed by atoms with Gasteiger partial charge in [-0.25, -0.2) is 0 Å². The van der Waals surface area contributed by atoms with Crippen LogP contribution >= 0.6 is 0 Å². The van der Waals surface area contributed by atoms with Crippen LogP contribution in [0, 0.1) is 0 Å². The van der Waals surface area contributed by atoms with Crippen LogP contribution in [0.5, 0.6) is 11.5 Å². The summed E-state index contributed by atoms with van der Waals surface area (Å²) < 4.78 is 27.3. The lowest BCUT2D eigenvalue weighted by Crippen LogP contribution is -2.64. The van der Waals surface area contributed by atoms with Crippen molar-refractivity contribution in [2.75, 3.05) is 20.3 Å². The van der Waals surface area contributed by atoms with Crippen LogP contribution in [0.4, 0.5) is 0 Å². The van der Waals surface area contributed by atoms with Crippen molar-refractivity contribution >= 4 is 0 Å². The summed E-state index contributed by atoms with van der Waals surface area (Å²) >= 11 is 0. The minimum atomic E-state index is -1.64. The molecule has 0 aliphatic carbocycles. The highest BCUT2D eigenvalue weighted by Gasteiger charge is 2.50. The molecule has 0 amide bonds. The number of phenols is 1. The zero-order valence-corrected chi connectivity index (χ0v) is 18.3. The average Bonchev–Trinajstić information content (AvgIpc) is 2.80. The second-order valence-electron chi connectivity index (χ2n) is 8.12. The highest BCUT2D eigenvalue weighted by molar-refractivity contribution is 5.41. The molecule has 7 N–H and O–H groups in total. The highest BCUT2D eigenvalue weighted by atomic mass is 16.8. The third-order valence-electron chi connectivity index (χ3n) is 5.84. The SMILES string of the molecule is COc1ccc(CCO[C@@H]2O[C@H](CO)[C@@H](O)[C@H](O)[C@H]2O[C@@H]2O[C@@H](C)[C@H](O)[C@@H](O)[C@H]2O)cc1O. The van der Waals surface area contributed by atoms with E-state index in [9.17, 15) is 35.7 Å². The molecule has 0 bridgehead atoms. The van der Waals surface area contributed by atoms with Gasteiger partial charge in [-0.05, 0) is 31.0 Å². The van der Waals surface area contributed by atoms with Crippen LogP contribution in [-0.2, 0) is 25.4 Å². The Morgan fingerprint density at radius 2 is 1.64 bits per heavy atom. The zero-order valence-electron chi connectivity index (χ0n) is 18.3. The zero-order chi connectivity index (χ0) is 24.3. The van der Waals surface area contributed by atoms with E-state index in [-0.39, 0.29) is 12.4 Å². The van der Waals surface area contributed by atoms with Crippen LogP contribution in [0.3, 0.4) is 0 Å². The van der Waals surface area contributed by atoms with Crippen LogP contribution < -0.4 is 4.74 Å². The van der Waals surface area contributed by atoms with Crippen molar-refractivity contribution < 1.29 is 59.4 Å². The van der Waals surface area contributed by atoms with E-state index in [0.29, 0.717) is 12.2 Å². The molecule has 0 spiro atoms. The lowest BCUT2D eigenvalue weighted by atomic mass is 9.97. The van der Waals surface area contributed by atoms with Crippen LogP contribution in [0.2, 0.25) is 0 Å². The molecule has 0 unspecified atom stereocenters. The van der Waals surface area contributed by atoms with Crippen LogP contribution in [0.25, 0.3) is 0 Å². The van der Waals surface area contributed by atoms with Gasteiger partial charge in [0.1, 0.15) is 42.7 Å². The molecule has 2 heterocycles. The molecule has 0 radical (unpaired) electrons. The molecule has 3 rings (SSSR count). The number of aliphatic hydroxyl groups excluding tert-OH is 6. The van der Waals surface area contributed by atoms with Crippen molar-refractivity contribution in [3.05, 3.63) is 23.8 Å². The van der Waals surface area contributed by atoms with Crippen molar-refractivity contribution in [1.82, 2.24) is 0 Å². The van der Waals surface area contributed by atoms with Crippen molar-refractivity contribution in [3.8, 4) is 11.5 Å². The van der Waals surface area contributed by atoms with E-state index in [1.54, 1.807) is 12.1 Å². The van der Waals surface area contributed by atoms with Gasteiger partial charge in [0.05, 0.1) is 26.4 Å². The van der Waals surface area contributed by atoms with E-state index in [1.165, 1.54) is 20.1 Å². The third kappa shape index (κ3) is 5.74. The van der Waals surface area contributed by atoms with E-state index in [2.05, 4.69) is 0 Å². The van der Waals surface area contributed by atoms with Gasteiger partial charge in [0.15, 0.2) is 24.1 Å². The smallest absolute Gasteiger partial charge is 0.187 e. The maximum Gasteiger partial charge on any atom is 0.187 e. The summed E-state index contributed by atoms with van der Waals surface area (Å²) in [4.78, 5) is 0. The predicted octanol–water partition coefficient (Wildman–Crippen LogP) is -2.39. The average molecular weight is 476 g/mol. The fourth-order valence-electron chi connectivity index (χ4n) is 3.80. The molecule has 2 aliphatic rings. The van der Waals surface area contributed by atoms with Gasteiger partial charge in [-0.2, -0.15) is 0 Å². The molecule has 33 heavy (non-hydrogen) atoms. The molecule has 0 saturated carbocycles. The molecule has 2 aliphatic heterocycles. The molecule has 2 saturated heterocycles. The Hall–Kier alpha value is -1.58. The Balaban J connectivity index is 1.69. The first-order chi connectivity index (χ1) is 15.7. The minimum absolute atomic E-state index is 0.0395. The Bertz CT molecular complexity index is 763. The normalized spacial score (nSPS) is 39.4. The number of aliphatic hydroxyl groups is 6. The molecule has 12 heteroatoms. The monoisotopic (exact) mass is 476 g/mol. The molecule has 12 nitrogen and oxygen atoms in total. The van der Waals surface area contributed by atoms with Gasteiger partial charge in [-0.3, -0.25) is 0 Å². The first-order valence-corrected chi connectivity index (χ1v) is 10.6. The number of hydrogen-bond donors (Lipinski definition) is 7. The molecule has 10 atom stereocenters. The maximum absolute atomic E-state index is 10.6. The van der Waals surface area contributed by atoms with E-state index in [0.717, 1.165) is 5.56 Å². The summed E-state index contributed by atoms with van der Waals surface area (Å²) in [7, 11) is 1.43. The summed E-state index contributed by atoms with van der Waals surface area (Å²) in [5.74, 6) is 0.279. The fraction of sp³-hybridized carbons (Fsp3) is 0.714. The molecule has 0 aromatic heterocycles. The lowest BCUT2D eigenvalue weighted by molar-refractivity contribution is -0.364. The number of methoxy groups -OCH3 is 1. The van der Waals surface area contributed by atoms with Gasteiger partial charge < -0.3 is 59.4 Å². The molecular formula is C21H32O12. The molecule has 188 valence electrons. The van der Waals surface area contributed by atoms with Gasteiger partial charge in [-0.15, -0.1) is 0 Å². The molecule has 2 fully saturated rings. The van der Waals surface area contributed by atoms with E-state index >= 15 is 0 Å². The first kappa shape index (κ1) is 26.0. The number of rotatable bonds is 8. The Morgan fingerprint density at radius 3 is 2.27 bits per heavy atom. The number of hydrogen-bond acceptors (Lipinski definition) is 12. The van der Waals surface area contributed by atoms with Crippen molar-refractivity contribution in [3.63, 3.8) is 0 Å². The van der Waals surface area contributed by atoms with E-state index in [1.807, 2.05) is 0 Å². The number of aromatic hydroxyl groups is 1. The Labute approximate surface area is 190 Å². The summed E-state index contributed by atoms with van der Waals surface area (Å²) in [5, 5.41) is 70.3. The number of phenolic OH excluding ortho intramolecular Hbond substituents is 1.